The summed E-state index contributed by atoms with van der Waals surface area (Å²) < 4.78 is 0. The molecule has 3 nitrogen and oxygen atoms in total. The van der Waals surface area contributed by atoms with Crippen LogP contribution in [0.15, 0.2) is 30.3 Å². The molecule has 0 unspecified atom stereocenters. The molecule has 0 fully saturated rings. The molecule has 84 valence electrons. The molecular weight excluding hydrogens is 212 g/mol. The van der Waals surface area contributed by atoms with Crippen LogP contribution >= 0.6 is 12.4 Å². The van der Waals surface area contributed by atoms with E-state index in [9.17, 15) is 4.79 Å². The van der Waals surface area contributed by atoms with Crippen molar-refractivity contribution >= 4 is 18.3 Å². The zero-order valence-corrected chi connectivity index (χ0v) is 9.37. The van der Waals surface area contributed by atoms with Crippen molar-refractivity contribution in [2.75, 3.05) is 0 Å². The minimum absolute atomic E-state index is 0. The van der Waals surface area contributed by atoms with E-state index in [4.69, 9.17) is 11.5 Å². The number of rotatable bonds is 5. The second kappa shape index (κ2) is 7.26. The summed E-state index contributed by atoms with van der Waals surface area (Å²) in [7, 11) is 0. The third-order valence-electron chi connectivity index (χ3n) is 2.10. The molecule has 1 amide bonds. The maximum Gasteiger partial charge on any atom is 0.217 e. The van der Waals surface area contributed by atoms with Gasteiger partial charge in [-0.2, -0.15) is 0 Å². The smallest absolute Gasteiger partial charge is 0.217 e. The van der Waals surface area contributed by atoms with Crippen LogP contribution < -0.4 is 11.5 Å². The second-order valence-electron chi connectivity index (χ2n) is 3.45. The van der Waals surface area contributed by atoms with Gasteiger partial charge < -0.3 is 11.5 Å². The van der Waals surface area contributed by atoms with Gasteiger partial charge in [0.2, 0.25) is 5.91 Å². The molecule has 0 saturated carbocycles. The first-order valence-electron chi connectivity index (χ1n) is 4.76. The second-order valence-corrected chi connectivity index (χ2v) is 3.45. The molecule has 4 heteroatoms. The van der Waals surface area contributed by atoms with E-state index >= 15 is 0 Å². The Balaban J connectivity index is 0.00000196. The first-order chi connectivity index (χ1) is 6.68. The van der Waals surface area contributed by atoms with Crippen LogP contribution in [0.2, 0.25) is 0 Å². The number of carbonyl (C=O) groups is 1. The van der Waals surface area contributed by atoms with Gasteiger partial charge >= 0.3 is 0 Å². The van der Waals surface area contributed by atoms with Crippen molar-refractivity contribution in [1.29, 1.82) is 0 Å². The Morgan fingerprint density at radius 1 is 1.27 bits per heavy atom. The van der Waals surface area contributed by atoms with E-state index in [1.807, 2.05) is 30.3 Å². The fraction of sp³-hybridized carbons (Fsp3) is 0.364. The monoisotopic (exact) mass is 228 g/mol. The molecule has 0 aliphatic heterocycles. The van der Waals surface area contributed by atoms with Crippen LogP contribution in [0, 0.1) is 0 Å². The van der Waals surface area contributed by atoms with Gasteiger partial charge in [-0.15, -0.1) is 12.4 Å². The molecule has 4 N–H and O–H groups in total. The van der Waals surface area contributed by atoms with Crippen LogP contribution in [0.3, 0.4) is 0 Å². The Hall–Kier alpha value is -1.06. The number of amides is 1. The first kappa shape index (κ1) is 13.9. The molecule has 1 aromatic carbocycles. The van der Waals surface area contributed by atoms with E-state index in [-0.39, 0.29) is 24.4 Å². The molecule has 0 heterocycles. The molecule has 0 aliphatic carbocycles. The molecule has 0 saturated heterocycles. The van der Waals surface area contributed by atoms with E-state index in [1.54, 1.807) is 0 Å². The van der Waals surface area contributed by atoms with Crippen molar-refractivity contribution in [3.8, 4) is 0 Å². The lowest BCUT2D eigenvalue weighted by molar-refractivity contribution is -0.118. The summed E-state index contributed by atoms with van der Waals surface area (Å²) in [4.78, 5) is 10.5. The van der Waals surface area contributed by atoms with E-state index in [0.717, 1.165) is 6.42 Å². The predicted octanol–water partition coefficient (Wildman–Crippen LogP) is 1.24. The van der Waals surface area contributed by atoms with Crippen LogP contribution in [-0.2, 0) is 11.2 Å². The highest BCUT2D eigenvalue weighted by Gasteiger charge is 2.05. The van der Waals surface area contributed by atoms with Gasteiger partial charge in [-0.3, -0.25) is 4.79 Å². The Labute approximate surface area is 96.3 Å². The van der Waals surface area contributed by atoms with Gasteiger partial charge in [-0.05, 0) is 18.4 Å². The molecule has 1 aromatic rings. The molecule has 1 rings (SSSR count). The number of carbonyl (C=O) groups excluding carboxylic acids is 1. The fourth-order valence-electron chi connectivity index (χ4n) is 1.35. The quantitative estimate of drug-likeness (QED) is 0.796. The molecule has 15 heavy (non-hydrogen) atoms. The number of benzene rings is 1. The van der Waals surface area contributed by atoms with Gasteiger partial charge in [0, 0.05) is 12.5 Å². The van der Waals surface area contributed by atoms with Crippen LogP contribution in [0.1, 0.15) is 18.4 Å². The maximum atomic E-state index is 10.5. The third-order valence-corrected chi connectivity index (χ3v) is 2.10. The minimum Gasteiger partial charge on any atom is -0.370 e. The molecule has 0 bridgehead atoms. The number of hydrogen-bond acceptors (Lipinski definition) is 2. The standard InChI is InChI=1S/C11H16N2O.ClH/c12-10(6-7-11(13)14)8-9-4-2-1-3-5-9;/h1-5,10H,6-8,12H2,(H2,13,14);1H/t10-;/m0./s1. The van der Waals surface area contributed by atoms with E-state index < -0.39 is 0 Å². The topological polar surface area (TPSA) is 69.1 Å². The number of primary amides is 1. The van der Waals surface area contributed by atoms with Gasteiger partial charge in [-0.1, -0.05) is 30.3 Å². The van der Waals surface area contributed by atoms with Crippen LogP contribution in [0.4, 0.5) is 0 Å². The fourth-order valence-corrected chi connectivity index (χ4v) is 1.35. The van der Waals surface area contributed by atoms with E-state index in [2.05, 4.69) is 0 Å². The summed E-state index contributed by atoms with van der Waals surface area (Å²) in [5.74, 6) is -0.284. The Morgan fingerprint density at radius 3 is 2.40 bits per heavy atom. The van der Waals surface area contributed by atoms with Crippen molar-refractivity contribution in [3.63, 3.8) is 0 Å². The van der Waals surface area contributed by atoms with E-state index in [0.29, 0.717) is 12.8 Å². The largest absolute Gasteiger partial charge is 0.370 e. The highest BCUT2D eigenvalue weighted by Crippen LogP contribution is 2.05. The number of nitrogens with two attached hydrogens (primary N) is 2. The predicted molar refractivity (Wildman–Crippen MR) is 63.8 cm³/mol. The lowest BCUT2D eigenvalue weighted by Gasteiger charge is -2.09. The zero-order valence-electron chi connectivity index (χ0n) is 8.56. The van der Waals surface area contributed by atoms with Gasteiger partial charge in [0.1, 0.15) is 0 Å². The number of halogens is 1. The summed E-state index contributed by atoms with van der Waals surface area (Å²) in [6.45, 7) is 0. The Morgan fingerprint density at radius 2 is 1.87 bits per heavy atom. The lowest BCUT2D eigenvalue weighted by atomic mass is 10.0. The average molecular weight is 229 g/mol. The van der Waals surface area contributed by atoms with Crippen LogP contribution in [0.5, 0.6) is 0 Å². The first-order valence-corrected chi connectivity index (χ1v) is 4.76. The van der Waals surface area contributed by atoms with Crippen LogP contribution in [-0.4, -0.2) is 11.9 Å². The van der Waals surface area contributed by atoms with Gasteiger partial charge in [0.25, 0.3) is 0 Å². The summed E-state index contributed by atoms with van der Waals surface area (Å²) in [6.07, 6.45) is 1.83. The maximum absolute atomic E-state index is 10.5. The van der Waals surface area contributed by atoms with Crippen molar-refractivity contribution < 1.29 is 4.79 Å². The Bertz CT molecular complexity index is 290. The molecule has 0 radical (unpaired) electrons. The summed E-state index contributed by atoms with van der Waals surface area (Å²) in [6, 6.07) is 10.0. The lowest BCUT2D eigenvalue weighted by Crippen LogP contribution is -2.25. The van der Waals surface area contributed by atoms with Crippen molar-refractivity contribution in [1.82, 2.24) is 0 Å². The van der Waals surface area contributed by atoms with Crippen molar-refractivity contribution in [3.05, 3.63) is 35.9 Å². The molecule has 0 spiro atoms. The minimum atomic E-state index is -0.284. The third kappa shape index (κ3) is 6.10. The highest BCUT2D eigenvalue weighted by molar-refractivity contribution is 5.85. The molecular formula is C11H17ClN2O. The van der Waals surface area contributed by atoms with Gasteiger partial charge in [-0.25, -0.2) is 0 Å². The van der Waals surface area contributed by atoms with Crippen LogP contribution in [0.25, 0.3) is 0 Å². The molecule has 0 aliphatic rings. The van der Waals surface area contributed by atoms with Gasteiger partial charge in [0.15, 0.2) is 0 Å². The summed E-state index contributed by atoms with van der Waals surface area (Å²) in [5, 5.41) is 0. The highest BCUT2D eigenvalue weighted by atomic mass is 35.5. The van der Waals surface area contributed by atoms with Gasteiger partial charge in [0.05, 0.1) is 0 Å². The molecule has 0 aromatic heterocycles. The molecule has 1 atom stereocenters. The van der Waals surface area contributed by atoms with Crippen molar-refractivity contribution in [2.45, 2.75) is 25.3 Å². The average Bonchev–Trinajstić information content (AvgIpc) is 2.16. The normalized spacial score (nSPS) is 11.5. The zero-order chi connectivity index (χ0) is 10.4. The summed E-state index contributed by atoms with van der Waals surface area (Å²) >= 11 is 0. The number of hydrogen-bond donors (Lipinski definition) is 2. The van der Waals surface area contributed by atoms with E-state index in [1.165, 1.54) is 5.56 Å². The Kier molecular flexibility index (Phi) is 6.75. The SMILES string of the molecule is Cl.NC(=O)CC[C@H](N)Cc1ccccc1. The summed E-state index contributed by atoms with van der Waals surface area (Å²) in [5.41, 5.74) is 12.1. The van der Waals surface area contributed by atoms with Crippen molar-refractivity contribution in [2.24, 2.45) is 11.5 Å².